The zero-order valence-corrected chi connectivity index (χ0v) is 16.6. The van der Waals surface area contributed by atoms with E-state index in [0.29, 0.717) is 5.92 Å². The van der Waals surface area contributed by atoms with E-state index in [0.717, 1.165) is 46.6 Å². The lowest BCUT2D eigenvalue weighted by atomic mass is 9.98. The molecule has 0 bridgehead atoms. The first kappa shape index (κ1) is 17.4. The number of nitrogens with one attached hydrogen (secondary N) is 1. The molecule has 2 aromatic carbocycles. The summed E-state index contributed by atoms with van der Waals surface area (Å²) in [5, 5.41) is 7.02. The van der Waals surface area contributed by atoms with Crippen LogP contribution in [0.3, 0.4) is 0 Å². The monoisotopic (exact) mass is 386 g/mol. The lowest BCUT2D eigenvalue weighted by Gasteiger charge is -2.36. The molecule has 1 fully saturated rings. The molecule has 3 heterocycles. The molecule has 5 heteroatoms. The summed E-state index contributed by atoms with van der Waals surface area (Å²) in [7, 11) is -1.72. The largest absolute Gasteiger partial charge is 0.398 e. The fourth-order valence-corrected chi connectivity index (χ4v) is 7.12. The van der Waals surface area contributed by atoms with Gasteiger partial charge in [0.2, 0.25) is 0 Å². The van der Waals surface area contributed by atoms with Gasteiger partial charge in [0.05, 0.1) is 11.0 Å². The van der Waals surface area contributed by atoms with Gasteiger partial charge in [-0.05, 0) is 55.8 Å². The van der Waals surface area contributed by atoms with Gasteiger partial charge in [-0.1, -0.05) is 42.7 Å². The third-order valence-corrected chi connectivity index (χ3v) is 8.91. The number of pyridine rings is 2. The number of nitrogens with two attached hydrogens (primary N) is 1. The standard InChI is InChI=1S/C23H23N4P/c1-28(15-18(9-12-27-28)16-5-3-2-4-6-16)19-13-17-7-8-20-21(24)10-11-25-23(20)22(17)26-14-19/h2-8,10-11,13-14,18,27H,1,9,12,15H2,(H2,24,25). The highest BCUT2D eigenvalue weighted by atomic mass is 31.2. The normalized spacial score (nSPS) is 22.5. The molecule has 1 aliphatic heterocycles. The smallest absolute Gasteiger partial charge is 0.0985 e. The predicted molar refractivity (Wildman–Crippen MR) is 122 cm³/mol. The minimum atomic E-state index is -1.72. The Morgan fingerprint density at radius 2 is 1.89 bits per heavy atom. The van der Waals surface area contributed by atoms with Gasteiger partial charge in [0.1, 0.15) is 0 Å². The van der Waals surface area contributed by atoms with Crippen LogP contribution in [0.15, 0.2) is 67.0 Å². The van der Waals surface area contributed by atoms with Crippen LogP contribution < -0.4 is 16.1 Å². The number of hydrogen-bond donors (Lipinski definition) is 2. The maximum absolute atomic E-state index is 6.10. The van der Waals surface area contributed by atoms with Crippen LogP contribution in [0.25, 0.3) is 21.8 Å². The third-order valence-electron chi connectivity index (χ3n) is 5.79. The van der Waals surface area contributed by atoms with Crippen LogP contribution in [-0.2, 0) is 0 Å². The lowest BCUT2D eigenvalue weighted by Crippen LogP contribution is -2.31. The number of aromatic nitrogens is 2. The number of hydrogen-bond acceptors (Lipinski definition) is 4. The molecule has 1 saturated heterocycles. The Kier molecular flexibility index (Phi) is 4.19. The number of rotatable bonds is 2. The Labute approximate surface area is 164 Å². The van der Waals surface area contributed by atoms with E-state index in [1.54, 1.807) is 6.20 Å². The van der Waals surface area contributed by atoms with Crippen molar-refractivity contribution in [2.45, 2.75) is 12.3 Å². The highest BCUT2D eigenvalue weighted by molar-refractivity contribution is 7.79. The maximum atomic E-state index is 6.10. The van der Waals surface area contributed by atoms with Gasteiger partial charge in [-0.25, -0.2) is 0 Å². The lowest BCUT2D eigenvalue weighted by molar-refractivity contribution is 0.646. The Morgan fingerprint density at radius 1 is 1.04 bits per heavy atom. The van der Waals surface area contributed by atoms with Gasteiger partial charge in [0, 0.05) is 34.2 Å². The van der Waals surface area contributed by atoms with Crippen molar-refractivity contribution in [2.24, 2.45) is 0 Å². The molecular formula is C23H23N4P. The van der Waals surface area contributed by atoms with E-state index < -0.39 is 7.04 Å². The van der Waals surface area contributed by atoms with Gasteiger partial charge in [0.15, 0.2) is 0 Å². The summed E-state index contributed by atoms with van der Waals surface area (Å²) in [5.41, 5.74) is 10.0. The maximum Gasteiger partial charge on any atom is 0.0985 e. The van der Waals surface area contributed by atoms with Gasteiger partial charge in [-0.3, -0.25) is 15.1 Å². The van der Waals surface area contributed by atoms with Crippen LogP contribution in [0.4, 0.5) is 5.69 Å². The van der Waals surface area contributed by atoms with Crippen LogP contribution in [0, 0.1) is 0 Å². The van der Waals surface area contributed by atoms with Crippen molar-refractivity contribution in [2.75, 3.05) is 18.4 Å². The van der Waals surface area contributed by atoms with Crippen LogP contribution in [0.2, 0.25) is 0 Å². The summed E-state index contributed by atoms with van der Waals surface area (Å²) < 4.78 is 0. The molecule has 5 rings (SSSR count). The van der Waals surface area contributed by atoms with Crippen LogP contribution in [-0.4, -0.2) is 29.0 Å². The summed E-state index contributed by atoms with van der Waals surface area (Å²) in [6, 6.07) is 19.0. The minimum absolute atomic E-state index is 0.544. The molecule has 1 aliphatic rings. The van der Waals surface area contributed by atoms with Gasteiger partial charge in [-0.15, -0.1) is 0 Å². The molecule has 0 spiro atoms. The number of nitrogen functional groups attached to an aromatic ring is 1. The Balaban J connectivity index is 1.56. The molecule has 4 aromatic rings. The molecule has 0 radical (unpaired) electrons. The molecular weight excluding hydrogens is 363 g/mol. The molecule has 2 unspecified atom stereocenters. The molecule has 3 N–H and O–H groups in total. The van der Waals surface area contributed by atoms with Gasteiger partial charge < -0.3 is 5.73 Å². The third kappa shape index (κ3) is 2.90. The van der Waals surface area contributed by atoms with E-state index in [2.05, 4.69) is 58.8 Å². The number of benzene rings is 2. The fourth-order valence-electron chi connectivity index (χ4n) is 4.23. The average Bonchev–Trinajstić information content (AvgIpc) is 2.74. The van der Waals surface area contributed by atoms with Crippen molar-refractivity contribution in [1.82, 2.24) is 15.1 Å². The van der Waals surface area contributed by atoms with E-state index in [4.69, 9.17) is 10.7 Å². The zero-order chi connectivity index (χ0) is 19.1. The highest BCUT2D eigenvalue weighted by Crippen LogP contribution is 2.47. The predicted octanol–water partition coefficient (Wildman–Crippen LogP) is 4.13. The first-order valence-corrected chi connectivity index (χ1v) is 11.8. The van der Waals surface area contributed by atoms with Gasteiger partial charge in [0.25, 0.3) is 0 Å². The van der Waals surface area contributed by atoms with E-state index in [1.165, 1.54) is 10.9 Å². The molecule has 2 aromatic heterocycles. The van der Waals surface area contributed by atoms with Gasteiger partial charge in [-0.2, -0.15) is 0 Å². The summed E-state index contributed by atoms with van der Waals surface area (Å²) in [6.45, 7) is 0.991. The highest BCUT2D eigenvalue weighted by Gasteiger charge is 2.28. The molecule has 2 atom stereocenters. The van der Waals surface area contributed by atoms with Crippen molar-refractivity contribution < 1.29 is 0 Å². The second-order valence-corrected chi connectivity index (χ2v) is 10.7. The van der Waals surface area contributed by atoms with Crippen molar-refractivity contribution in [3.05, 3.63) is 72.6 Å². The first-order valence-electron chi connectivity index (χ1n) is 9.60. The van der Waals surface area contributed by atoms with Crippen LogP contribution in [0.1, 0.15) is 17.9 Å². The van der Waals surface area contributed by atoms with E-state index >= 15 is 0 Å². The minimum Gasteiger partial charge on any atom is -0.398 e. The average molecular weight is 386 g/mol. The van der Waals surface area contributed by atoms with Crippen LogP contribution in [0.5, 0.6) is 0 Å². The van der Waals surface area contributed by atoms with Crippen molar-refractivity contribution in [3.63, 3.8) is 0 Å². The fraction of sp³-hybridized carbons (Fsp3) is 0.174. The number of nitrogens with zero attached hydrogens (tertiary/aromatic N) is 2. The summed E-state index contributed by atoms with van der Waals surface area (Å²) in [5.74, 6) is 0.544. The second-order valence-electron chi connectivity index (χ2n) is 7.58. The quantitative estimate of drug-likeness (QED) is 0.402. The van der Waals surface area contributed by atoms with Crippen molar-refractivity contribution in [1.29, 1.82) is 0 Å². The Hall–Kier alpha value is -2.68. The molecule has 0 aliphatic carbocycles. The zero-order valence-electron chi connectivity index (χ0n) is 15.7. The number of fused-ring (bicyclic) bond motifs is 3. The van der Waals surface area contributed by atoms with E-state index in [1.807, 2.05) is 18.3 Å². The van der Waals surface area contributed by atoms with Crippen molar-refractivity contribution >= 4 is 46.1 Å². The second kappa shape index (κ2) is 6.73. The topological polar surface area (TPSA) is 63.8 Å². The molecule has 0 amide bonds. The SMILES string of the molecule is C=P1(c2cnc3c(ccc4c(N)ccnc43)c2)CC(c2ccccc2)CCN1. The Bertz CT molecular complexity index is 1220. The summed E-state index contributed by atoms with van der Waals surface area (Å²) >= 11 is 0. The molecule has 28 heavy (non-hydrogen) atoms. The summed E-state index contributed by atoms with van der Waals surface area (Å²) in [6.07, 6.45) is 10.6. The van der Waals surface area contributed by atoms with E-state index in [-0.39, 0.29) is 0 Å². The van der Waals surface area contributed by atoms with E-state index in [9.17, 15) is 0 Å². The first-order chi connectivity index (χ1) is 13.6. The molecule has 0 saturated carbocycles. The number of anilines is 1. The van der Waals surface area contributed by atoms with Gasteiger partial charge >= 0.3 is 0 Å². The van der Waals surface area contributed by atoms with Crippen LogP contribution >= 0.6 is 7.04 Å². The molecule has 4 nitrogen and oxygen atoms in total. The van der Waals surface area contributed by atoms with Crippen molar-refractivity contribution in [3.8, 4) is 0 Å². The molecule has 140 valence electrons. The Morgan fingerprint density at radius 3 is 2.75 bits per heavy atom. The summed E-state index contributed by atoms with van der Waals surface area (Å²) in [4.78, 5) is 9.32.